The molecule has 0 bridgehead atoms. The summed E-state index contributed by atoms with van der Waals surface area (Å²) in [4.78, 5) is 14.7. The van der Waals surface area contributed by atoms with E-state index in [4.69, 9.17) is 0 Å². The lowest BCUT2D eigenvalue weighted by atomic mass is 9.77. The molecule has 0 aromatic heterocycles. The molecule has 0 fully saturated rings. The minimum absolute atomic E-state index is 0. The van der Waals surface area contributed by atoms with E-state index in [1.807, 2.05) is 33.2 Å². The number of carbonyl (C=O) groups is 1. The highest BCUT2D eigenvalue weighted by Crippen LogP contribution is 2.33. The van der Waals surface area contributed by atoms with Gasteiger partial charge in [0.15, 0.2) is 0 Å². The molecule has 124 valence electrons. The zero-order chi connectivity index (χ0) is 15.9. The van der Waals surface area contributed by atoms with Gasteiger partial charge in [0.1, 0.15) is 5.78 Å². The highest BCUT2D eigenvalue weighted by molar-refractivity contribution is 5.85. The smallest absolute Gasteiger partial charge is 0.137 e. The predicted octanol–water partition coefficient (Wildman–Crippen LogP) is 4.40. The Balaban J connectivity index is 0.00000264. The third-order valence-electron chi connectivity index (χ3n) is 4.04. The standard InChI is InChI=1S/C20H25NO.ClH/c1-4-19(22)18(15-21(2)3)20(16-11-7-5-8-12-16)17-13-9-6-10-14-17;/h5-14,18,20H,4,15H2,1-3H3;1H. The van der Waals surface area contributed by atoms with Crippen molar-refractivity contribution in [2.75, 3.05) is 20.6 Å². The van der Waals surface area contributed by atoms with Crippen LogP contribution >= 0.6 is 12.4 Å². The van der Waals surface area contributed by atoms with E-state index < -0.39 is 0 Å². The average molecular weight is 332 g/mol. The van der Waals surface area contributed by atoms with Crippen molar-refractivity contribution in [2.24, 2.45) is 5.92 Å². The number of nitrogens with zero attached hydrogens (tertiary/aromatic N) is 1. The Kier molecular flexibility index (Phi) is 8.01. The monoisotopic (exact) mass is 331 g/mol. The second-order valence-corrected chi connectivity index (χ2v) is 5.99. The third kappa shape index (κ3) is 5.19. The Morgan fingerprint density at radius 1 is 0.913 bits per heavy atom. The van der Waals surface area contributed by atoms with E-state index in [-0.39, 0.29) is 24.2 Å². The van der Waals surface area contributed by atoms with Gasteiger partial charge in [-0.25, -0.2) is 0 Å². The van der Waals surface area contributed by atoms with E-state index in [0.717, 1.165) is 6.54 Å². The van der Waals surface area contributed by atoms with E-state index in [9.17, 15) is 4.79 Å². The second-order valence-electron chi connectivity index (χ2n) is 5.99. The van der Waals surface area contributed by atoms with Gasteiger partial charge in [-0.15, -0.1) is 12.4 Å². The Morgan fingerprint density at radius 3 is 1.70 bits per heavy atom. The molecular weight excluding hydrogens is 306 g/mol. The van der Waals surface area contributed by atoms with Crippen molar-refractivity contribution in [3.05, 3.63) is 71.8 Å². The van der Waals surface area contributed by atoms with Crippen LogP contribution in [0.3, 0.4) is 0 Å². The van der Waals surface area contributed by atoms with Crippen molar-refractivity contribution in [2.45, 2.75) is 19.3 Å². The summed E-state index contributed by atoms with van der Waals surface area (Å²) in [7, 11) is 4.06. The maximum Gasteiger partial charge on any atom is 0.137 e. The molecule has 0 saturated heterocycles. The summed E-state index contributed by atoms with van der Waals surface area (Å²) in [5, 5.41) is 0. The number of carbonyl (C=O) groups excluding carboxylic acids is 1. The van der Waals surface area contributed by atoms with Crippen LogP contribution in [0.25, 0.3) is 0 Å². The van der Waals surface area contributed by atoms with Crippen molar-refractivity contribution >= 4 is 18.2 Å². The first-order valence-electron chi connectivity index (χ1n) is 7.90. The summed E-state index contributed by atoms with van der Waals surface area (Å²) in [6.45, 7) is 2.72. The first kappa shape index (κ1) is 19.4. The third-order valence-corrected chi connectivity index (χ3v) is 4.04. The Labute approximate surface area is 145 Å². The molecule has 1 unspecified atom stereocenters. The van der Waals surface area contributed by atoms with Crippen LogP contribution in [0.5, 0.6) is 0 Å². The normalized spacial score (nSPS) is 12.0. The molecule has 23 heavy (non-hydrogen) atoms. The zero-order valence-corrected chi connectivity index (χ0v) is 14.9. The van der Waals surface area contributed by atoms with Crippen LogP contribution in [-0.2, 0) is 4.79 Å². The molecule has 0 aliphatic heterocycles. The maximum atomic E-state index is 12.6. The van der Waals surface area contributed by atoms with Crippen LogP contribution in [-0.4, -0.2) is 31.3 Å². The van der Waals surface area contributed by atoms with Crippen LogP contribution in [0.15, 0.2) is 60.7 Å². The number of hydrogen-bond donors (Lipinski definition) is 0. The lowest BCUT2D eigenvalue weighted by Crippen LogP contribution is -2.33. The summed E-state index contributed by atoms with van der Waals surface area (Å²) in [6, 6.07) is 20.8. The number of benzene rings is 2. The summed E-state index contributed by atoms with van der Waals surface area (Å²) in [6.07, 6.45) is 0.578. The Hall–Kier alpha value is -1.64. The van der Waals surface area contributed by atoms with Gasteiger partial charge in [0.2, 0.25) is 0 Å². The van der Waals surface area contributed by atoms with Crippen LogP contribution in [0.2, 0.25) is 0 Å². The first-order valence-corrected chi connectivity index (χ1v) is 7.90. The molecule has 2 aromatic carbocycles. The van der Waals surface area contributed by atoms with Crippen LogP contribution in [0.1, 0.15) is 30.4 Å². The van der Waals surface area contributed by atoms with Gasteiger partial charge in [-0.05, 0) is 25.2 Å². The van der Waals surface area contributed by atoms with Crippen LogP contribution in [0, 0.1) is 5.92 Å². The number of ketones is 1. The van der Waals surface area contributed by atoms with E-state index >= 15 is 0 Å². The van der Waals surface area contributed by atoms with Gasteiger partial charge in [-0.3, -0.25) is 4.79 Å². The van der Waals surface area contributed by atoms with Gasteiger partial charge in [-0.1, -0.05) is 67.6 Å². The molecule has 2 aromatic rings. The fraction of sp³-hybridized carbons (Fsp3) is 0.350. The Morgan fingerprint density at radius 2 is 1.35 bits per heavy atom. The SMILES string of the molecule is CCC(=O)C(CN(C)C)C(c1ccccc1)c1ccccc1.Cl. The molecule has 0 spiro atoms. The van der Waals surface area contributed by atoms with Gasteiger partial charge in [0.05, 0.1) is 0 Å². The minimum atomic E-state index is -0.0233. The molecule has 0 amide bonds. The fourth-order valence-corrected chi connectivity index (χ4v) is 3.03. The predicted molar refractivity (Wildman–Crippen MR) is 99.3 cm³/mol. The van der Waals surface area contributed by atoms with E-state index in [0.29, 0.717) is 12.2 Å². The molecule has 2 nitrogen and oxygen atoms in total. The minimum Gasteiger partial charge on any atom is -0.309 e. The van der Waals surface area contributed by atoms with Crippen LogP contribution in [0.4, 0.5) is 0 Å². The fourth-order valence-electron chi connectivity index (χ4n) is 3.03. The lowest BCUT2D eigenvalue weighted by molar-refractivity contribution is -0.123. The molecular formula is C20H26ClNO. The quantitative estimate of drug-likeness (QED) is 0.749. The highest BCUT2D eigenvalue weighted by atomic mass is 35.5. The average Bonchev–Trinajstić information content (AvgIpc) is 2.55. The number of rotatable bonds is 7. The van der Waals surface area contributed by atoms with Gasteiger partial charge in [0, 0.05) is 24.8 Å². The number of hydrogen-bond acceptors (Lipinski definition) is 2. The number of halogens is 1. The molecule has 0 aliphatic rings. The van der Waals surface area contributed by atoms with Gasteiger partial charge < -0.3 is 4.90 Å². The zero-order valence-electron chi connectivity index (χ0n) is 14.1. The largest absolute Gasteiger partial charge is 0.309 e. The molecule has 2 rings (SSSR count). The summed E-state index contributed by atoms with van der Waals surface area (Å²) in [5.41, 5.74) is 2.42. The summed E-state index contributed by atoms with van der Waals surface area (Å²) < 4.78 is 0. The number of Topliss-reactive ketones (excluding diaryl/α,β-unsaturated/α-hetero) is 1. The summed E-state index contributed by atoms with van der Waals surface area (Å²) in [5.74, 6) is 0.411. The summed E-state index contributed by atoms with van der Waals surface area (Å²) >= 11 is 0. The first-order chi connectivity index (χ1) is 10.6. The second kappa shape index (κ2) is 9.49. The van der Waals surface area contributed by atoms with E-state index in [2.05, 4.69) is 53.4 Å². The lowest BCUT2D eigenvalue weighted by Gasteiger charge is -2.29. The van der Waals surface area contributed by atoms with Crippen LogP contribution < -0.4 is 0 Å². The molecule has 3 heteroatoms. The molecule has 0 N–H and O–H groups in total. The van der Waals surface area contributed by atoms with E-state index in [1.54, 1.807) is 0 Å². The molecule has 0 aliphatic carbocycles. The van der Waals surface area contributed by atoms with Crippen molar-refractivity contribution in [3.8, 4) is 0 Å². The molecule has 1 atom stereocenters. The van der Waals surface area contributed by atoms with Crippen molar-refractivity contribution in [3.63, 3.8) is 0 Å². The highest BCUT2D eigenvalue weighted by Gasteiger charge is 2.30. The van der Waals surface area contributed by atoms with Crippen molar-refractivity contribution in [1.29, 1.82) is 0 Å². The van der Waals surface area contributed by atoms with Crippen molar-refractivity contribution in [1.82, 2.24) is 4.90 Å². The molecule has 0 saturated carbocycles. The van der Waals surface area contributed by atoms with Gasteiger partial charge in [-0.2, -0.15) is 0 Å². The van der Waals surface area contributed by atoms with Gasteiger partial charge >= 0.3 is 0 Å². The molecule has 0 heterocycles. The van der Waals surface area contributed by atoms with E-state index in [1.165, 1.54) is 11.1 Å². The molecule has 0 radical (unpaired) electrons. The maximum absolute atomic E-state index is 12.6. The van der Waals surface area contributed by atoms with Gasteiger partial charge in [0.25, 0.3) is 0 Å². The van der Waals surface area contributed by atoms with Crippen molar-refractivity contribution < 1.29 is 4.79 Å². The topological polar surface area (TPSA) is 20.3 Å². The Bertz CT molecular complexity index is 544.